The molecule has 3 aromatic carbocycles. The van der Waals surface area contributed by atoms with Crippen molar-refractivity contribution >= 4 is 28.5 Å². The van der Waals surface area contributed by atoms with Crippen LogP contribution in [0.25, 0.3) is 16.9 Å². The standard InChI is InChI=1S/C27H19F2N5OS/c28-19-10-6-17(7-11-19)23-14-24(34(31-23)27-30-25(35)16-36-27)22-15-33(21-4-2-1-3-5-21)32-26(22)18-8-12-20(29)13-9-18/h1-13,15,24H,14,16H2. The van der Waals surface area contributed by atoms with Crippen molar-refractivity contribution in [1.29, 1.82) is 0 Å². The number of amidine groups is 1. The van der Waals surface area contributed by atoms with E-state index in [0.29, 0.717) is 17.3 Å². The molecule has 0 fully saturated rings. The van der Waals surface area contributed by atoms with Crippen molar-refractivity contribution in [3.63, 3.8) is 0 Å². The van der Waals surface area contributed by atoms with E-state index in [2.05, 4.69) is 4.99 Å². The first kappa shape index (κ1) is 22.4. The lowest BCUT2D eigenvalue weighted by molar-refractivity contribution is -0.115. The first-order chi connectivity index (χ1) is 17.5. The molecule has 178 valence electrons. The van der Waals surface area contributed by atoms with E-state index < -0.39 is 0 Å². The van der Waals surface area contributed by atoms with E-state index in [1.165, 1.54) is 36.0 Å². The van der Waals surface area contributed by atoms with Crippen LogP contribution in [0.1, 0.15) is 23.6 Å². The first-order valence-corrected chi connectivity index (χ1v) is 12.3. The van der Waals surface area contributed by atoms with Gasteiger partial charge in [0.25, 0.3) is 5.91 Å². The van der Waals surface area contributed by atoms with Crippen molar-refractivity contribution in [2.75, 3.05) is 5.75 Å². The Morgan fingerprint density at radius 3 is 2.17 bits per heavy atom. The van der Waals surface area contributed by atoms with Crippen LogP contribution in [0.5, 0.6) is 0 Å². The summed E-state index contributed by atoms with van der Waals surface area (Å²) < 4.78 is 29.1. The van der Waals surface area contributed by atoms with E-state index >= 15 is 0 Å². The molecule has 0 saturated heterocycles. The van der Waals surface area contributed by atoms with Gasteiger partial charge in [-0.2, -0.15) is 15.2 Å². The number of carbonyl (C=O) groups is 1. The van der Waals surface area contributed by atoms with Crippen molar-refractivity contribution in [3.05, 3.63) is 108 Å². The molecule has 6 rings (SSSR count). The lowest BCUT2D eigenvalue weighted by Gasteiger charge is -2.22. The fraction of sp³-hybridized carbons (Fsp3) is 0.111. The van der Waals surface area contributed by atoms with E-state index in [-0.39, 0.29) is 29.3 Å². The summed E-state index contributed by atoms with van der Waals surface area (Å²) in [5.74, 6) is -0.608. The van der Waals surface area contributed by atoms with Crippen molar-refractivity contribution in [1.82, 2.24) is 14.8 Å². The van der Waals surface area contributed by atoms with Gasteiger partial charge in [0.05, 0.1) is 28.9 Å². The zero-order valence-electron chi connectivity index (χ0n) is 18.9. The lowest BCUT2D eigenvalue weighted by Crippen LogP contribution is -2.24. The van der Waals surface area contributed by atoms with Gasteiger partial charge >= 0.3 is 0 Å². The summed E-state index contributed by atoms with van der Waals surface area (Å²) in [7, 11) is 0. The summed E-state index contributed by atoms with van der Waals surface area (Å²) >= 11 is 1.34. The van der Waals surface area contributed by atoms with Crippen LogP contribution in [0.4, 0.5) is 8.78 Å². The average Bonchev–Trinajstić information content (AvgIpc) is 3.63. The Morgan fingerprint density at radius 1 is 0.861 bits per heavy atom. The maximum Gasteiger partial charge on any atom is 0.258 e. The zero-order valence-corrected chi connectivity index (χ0v) is 19.7. The number of halogens is 2. The van der Waals surface area contributed by atoms with Gasteiger partial charge in [0.15, 0.2) is 5.17 Å². The molecule has 9 heteroatoms. The number of hydrogen-bond acceptors (Lipinski definition) is 5. The predicted octanol–water partition coefficient (Wildman–Crippen LogP) is 5.60. The summed E-state index contributed by atoms with van der Waals surface area (Å²) in [4.78, 5) is 16.2. The maximum absolute atomic E-state index is 13.7. The van der Waals surface area contributed by atoms with Crippen LogP contribution in [0.2, 0.25) is 0 Å². The fourth-order valence-corrected chi connectivity index (χ4v) is 5.12. The number of benzene rings is 3. The molecular formula is C27H19F2N5OS. The van der Waals surface area contributed by atoms with Gasteiger partial charge in [0.2, 0.25) is 0 Å². The lowest BCUT2D eigenvalue weighted by atomic mass is 9.96. The van der Waals surface area contributed by atoms with Gasteiger partial charge in [-0.05, 0) is 54.1 Å². The van der Waals surface area contributed by atoms with Gasteiger partial charge < -0.3 is 0 Å². The Kier molecular flexibility index (Phi) is 5.69. The summed E-state index contributed by atoms with van der Waals surface area (Å²) in [6.45, 7) is 0. The summed E-state index contributed by atoms with van der Waals surface area (Å²) in [6.07, 6.45) is 2.44. The minimum absolute atomic E-state index is 0.210. The first-order valence-electron chi connectivity index (χ1n) is 11.3. The number of para-hydroxylation sites is 1. The molecule has 2 aliphatic heterocycles. The molecular weight excluding hydrogens is 480 g/mol. The largest absolute Gasteiger partial charge is 0.272 e. The predicted molar refractivity (Wildman–Crippen MR) is 136 cm³/mol. The quantitative estimate of drug-likeness (QED) is 0.367. The molecule has 0 N–H and O–H groups in total. The molecule has 4 aromatic rings. The number of hydrogen-bond donors (Lipinski definition) is 0. The average molecular weight is 500 g/mol. The molecule has 0 bridgehead atoms. The number of carbonyl (C=O) groups excluding carboxylic acids is 1. The van der Waals surface area contributed by atoms with Crippen LogP contribution in [0, 0.1) is 11.6 Å². The Bertz CT molecular complexity index is 1500. The third kappa shape index (κ3) is 4.22. The molecule has 0 aliphatic carbocycles. The van der Waals surface area contributed by atoms with Gasteiger partial charge in [0, 0.05) is 23.7 Å². The number of aromatic nitrogens is 2. The second-order valence-electron chi connectivity index (χ2n) is 8.41. The molecule has 3 heterocycles. The highest BCUT2D eigenvalue weighted by atomic mass is 32.2. The molecule has 1 aromatic heterocycles. The molecule has 0 radical (unpaired) electrons. The van der Waals surface area contributed by atoms with Crippen LogP contribution in [-0.4, -0.2) is 37.3 Å². The minimum Gasteiger partial charge on any atom is -0.272 e. The SMILES string of the molecule is O=C1CSC(N2N=C(c3ccc(F)cc3)CC2c2cn(-c3ccccc3)nc2-c2ccc(F)cc2)=N1. The van der Waals surface area contributed by atoms with Gasteiger partial charge in [-0.1, -0.05) is 42.1 Å². The Hall–Kier alpha value is -4.11. The van der Waals surface area contributed by atoms with Crippen LogP contribution < -0.4 is 0 Å². The van der Waals surface area contributed by atoms with E-state index in [4.69, 9.17) is 10.2 Å². The summed E-state index contributed by atoms with van der Waals surface area (Å²) in [5, 5.41) is 12.0. The molecule has 36 heavy (non-hydrogen) atoms. The fourth-order valence-electron chi connectivity index (χ4n) is 4.34. The summed E-state index contributed by atoms with van der Waals surface area (Å²) in [5.41, 5.74) is 4.71. The molecule has 6 nitrogen and oxygen atoms in total. The third-order valence-electron chi connectivity index (χ3n) is 6.07. The number of nitrogens with zero attached hydrogens (tertiary/aromatic N) is 5. The zero-order chi connectivity index (χ0) is 24.6. The van der Waals surface area contributed by atoms with E-state index in [9.17, 15) is 13.6 Å². The molecule has 2 aliphatic rings. The molecule has 0 spiro atoms. The molecule has 0 saturated carbocycles. The van der Waals surface area contributed by atoms with Crippen LogP contribution in [0.3, 0.4) is 0 Å². The highest BCUT2D eigenvalue weighted by Crippen LogP contribution is 2.40. The Morgan fingerprint density at radius 2 is 1.53 bits per heavy atom. The van der Waals surface area contributed by atoms with E-state index in [1.54, 1.807) is 34.0 Å². The molecule has 1 atom stereocenters. The Labute approximate surface area is 210 Å². The number of rotatable bonds is 4. The number of amides is 1. The van der Waals surface area contributed by atoms with Crippen molar-refractivity contribution in [3.8, 4) is 16.9 Å². The Balaban J connectivity index is 1.48. The monoisotopic (exact) mass is 499 g/mol. The third-order valence-corrected chi connectivity index (χ3v) is 7.00. The molecule has 1 unspecified atom stereocenters. The van der Waals surface area contributed by atoms with Crippen molar-refractivity contribution in [2.24, 2.45) is 10.1 Å². The molecule has 1 amide bonds. The topological polar surface area (TPSA) is 62.9 Å². The van der Waals surface area contributed by atoms with E-state index in [1.807, 2.05) is 36.5 Å². The van der Waals surface area contributed by atoms with Crippen molar-refractivity contribution in [2.45, 2.75) is 12.5 Å². The number of aliphatic imine (C=N–C) groups is 1. The van der Waals surface area contributed by atoms with Crippen LogP contribution >= 0.6 is 11.8 Å². The van der Waals surface area contributed by atoms with Crippen LogP contribution in [0.15, 0.2) is 95.2 Å². The highest BCUT2D eigenvalue weighted by molar-refractivity contribution is 8.14. The van der Waals surface area contributed by atoms with E-state index in [0.717, 1.165) is 28.1 Å². The second-order valence-corrected chi connectivity index (χ2v) is 9.36. The van der Waals surface area contributed by atoms with Gasteiger partial charge in [-0.25, -0.2) is 18.5 Å². The smallest absolute Gasteiger partial charge is 0.258 e. The van der Waals surface area contributed by atoms with Gasteiger partial charge in [-0.3, -0.25) is 4.79 Å². The minimum atomic E-state index is -0.331. The normalized spacial score (nSPS) is 17.4. The maximum atomic E-state index is 13.7. The highest BCUT2D eigenvalue weighted by Gasteiger charge is 2.37. The number of hydrazone groups is 1. The number of thioether (sulfide) groups is 1. The van der Waals surface area contributed by atoms with Crippen LogP contribution in [-0.2, 0) is 4.79 Å². The van der Waals surface area contributed by atoms with Crippen molar-refractivity contribution < 1.29 is 13.6 Å². The second kappa shape index (κ2) is 9.16. The summed E-state index contributed by atoms with van der Waals surface area (Å²) in [6, 6.07) is 21.8. The van der Waals surface area contributed by atoms with Gasteiger partial charge in [-0.15, -0.1) is 0 Å². The van der Waals surface area contributed by atoms with Gasteiger partial charge in [0.1, 0.15) is 11.6 Å².